The highest BCUT2D eigenvalue weighted by atomic mass is 35.5. The van der Waals surface area contributed by atoms with Crippen molar-refractivity contribution in [3.8, 4) is 0 Å². The number of nitrogens with zero attached hydrogens (tertiary/aromatic N) is 3. The Morgan fingerprint density at radius 1 is 1.48 bits per heavy atom. The Labute approximate surface area is 142 Å². The first-order chi connectivity index (χ1) is 11.0. The zero-order chi connectivity index (χ0) is 16.6. The Morgan fingerprint density at radius 3 is 2.87 bits per heavy atom. The molecule has 0 spiro atoms. The lowest BCUT2D eigenvalue weighted by molar-refractivity contribution is -0.115. The average Bonchev–Trinajstić information content (AvgIpc) is 3.26. The van der Waals surface area contributed by atoms with E-state index in [4.69, 9.17) is 11.6 Å². The Balaban J connectivity index is 1.68. The van der Waals surface area contributed by atoms with Crippen LogP contribution < -0.4 is 5.32 Å². The molecule has 0 unspecified atom stereocenters. The van der Waals surface area contributed by atoms with Crippen molar-refractivity contribution in [1.29, 1.82) is 0 Å². The summed E-state index contributed by atoms with van der Waals surface area (Å²) in [6.07, 6.45) is 2.23. The van der Waals surface area contributed by atoms with Crippen molar-refractivity contribution in [2.75, 3.05) is 5.32 Å². The first-order valence-corrected chi connectivity index (χ1v) is 8.55. The summed E-state index contributed by atoms with van der Waals surface area (Å²) in [5.74, 6) is 0.00520. The van der Waals surface area contributed by atoms with Crippen LogP contribution in [-0.4, -0.2) is 25.9 Å². The molecule has 1 amide bonds. The maximum atomic E-state index is 13.8. The molecule has 0 aliphatic heterocycles. The number of benzene rings is 1. The Kier molecular flexibility index (Phi) is 4.59. The molecule has 23 heavy (non-hydrogen) atoms. The van der Waals surface area contributed by atoms with Gasteiger partial charge in [-0.15, -0.1) is 10.2 Å². The van der Waals surface area contributed by atoms with Crippen LogP contribution in [0.2, 0.25) is 5.02 Å². The Morgan fingerprint density at radius 2 is 2.22 bits per heavy atom. The van der Waals surface area contributed by atoms with E-state index in [2.05, 4.69) is 20.1 Å². The topological polar surface area (TPSA) is 59.8 Å². The normalized spacial score (nSPS) is 15.5. The minimum Gasteiger partial charge on any atom is -0.323 e. The first-order valence-electron chi connectivity index (χ1n) is 7.30. The molecule has 1 aromatic carbocycles. The number of hydrogen-bond acceptors (Lipinski definition) is 4. The maximum Gasteiger partial charge on any atom is 0.237 e. The first kappa shape index (κ1) is 16.3. The highest BCUT2D eigenvalue weighted by Gasteiger charge is 2.30. The van der Waals surface area contributed by atoms with Crippen molar-refractivity contribution in [3.05, 3.63) is 34.9 Å². The molecule has 0 saturated heterocycles. The van der Waals surface area contributed by atoms with Crippen LogP contribution in [0.1, 0.15) is 31.6 Å². The standard InChI is InChI=1S/C15H16ClFN4OS/c1-8(14(22)18-13-6-3-10(16)7-12(13)17)23-15-20-19-9(2)21(15)11-4-5-11/h3,6-8,11H,4-5H2,1-2H3,(H,18,22)/t8-/m0/s1. The Hall–Kier alpha value is -1.60. The molecule has 2 aromatic rings. The van der Waals surface area contributed by atoms with E-state index in [1.807, 2.05) is 6.92 Å². The van der Waals surface area contributed by atoms with Crippen LogP contribution in [-0.2, 0) is 4.79 Å². The van der Waals surface area contributed by atoms with E-state index in [0.29, 0.717) is 6.04 Å². The number of aromatic nitrogens is 3. The van der Waals surface area contributed by atoms with Gasteiger partial charge in [0.05, 0.1) is 10.9 Å². The van der Waals surface area contributed by atoms with Gasteiger partial charge in [-0.1, -0.05) is 23.4 Å². The summed E-state index contributed by atoms with van der Waals surface area (Å²) in [7, 11) is 0. The molecule has 8 heteroatoms. The third-order valence-corrected chi connectivity index (χ3v) is 4.88. The minimum absolute atomic E-state index is 0.117. The summed E-state index contributed by atoms with van der Waals surface area (Å²) < 4.78 is 15.8. The number of nitrogens with one attached hydrogen (secondary N) is 1. The minimum atomic E-state index is -0.556. The molecule has 0 bridgehead atoms. The lowest BCUT2D eigenvalue weighted by Gasteiger charge is -2.13. The van der Waals surface area contributed by atoms with Crippen LogP contribution in [0.25, 0.3) is 0 Å². The van der Waals surface area contributed by atoms with Gasteiger partial charge in [0.15, 0.2) is 5.16 Å². The number of aryl methyl sites for hydroxylation is 1. The second-order valence-electron chi connectivity index (χ2n) is 5.50. The van der Waals surface area contributed by atoms with E-state index in [-0.39, 0.29) is 16.6 Å². The fourth-order valence-corrected chi connectivity index (χ4v) is 3.34. The molecule has 1 fully saturated rings. The summed E-state index contributed by atoms with van der Waals surface area (Å²) in [5.41, 5.74) is 0.117. The third-order valence-electron chi connectivity index (χ3n) is 3.59. The zero-order valence-corrected chi connectivity index (χ0v) is 14.3. The van der Waals surface area contributed by atoms with Crippen LogP contribution >= 0.6 is 23.4 Å². The number of carbonyl (C=O) groups is 1. The Bertz CT molecular complexity index is 747. The molecular formula is C15H16ClFN4OS. The summed E-state index contributed by atoms with van der Waals surface area (Å²) in [6, 6.07) is 4.59. The van der Waals surface area contributed by atoms with E-state index >= 15 is 0 Å². The smallest absolute Gasteiger partial charge is 0.237 e. The van der Waals surface area contributed by atoms with E-state index in [0.717, 1.165) is 23.8 Å². The van der Waals surface area contributed by atoms with Gasteiger partial charge >= 0.3 is 0 Å². The highest BCUT2D eigenvalue weighted by molar-refractivity contribution is 8.00. The van der Waals surface area contributed by atoms with Crippen LogP contribution in [0, 0.1) is 12.7 Å². The quantitative estimate of drug-likeness (QED) is 0.829. The van der Waals surface area contributed by atoms with Crippen LogP contribution in [0.15, 0.2) is 23.4 Å². The molecule has 1 aliphatic carbocycles. The number of amides is 1. The van der Waals surface area contributed by atoms with Gasteiger partial charge in [-0.2, -0.15) is 0 Å². The predicted octanol–water partition coefficient (Wildman–Crippen LogP) is 3.83. The average molecular weight is 355 g/mol. The van der Waals surface area contributed by atoms with Crippen molar-refractivity contribution >= 4 is 35.0 Å². The van der Waals surface area contributed by atoms with Gasteiger partial charge in [-0.05, 0) is 44.9 Å². The molecule has 1 aliphatic rings. The number of halogens is 2. The molecular weight excluding hydrogens is 339 g/mol. The molecule has 3 rings (SSSR count). The molecule has 0 radical (unpaired) electrons. The second kappa shape index (κ2) is 6.49. The number of carbonyl (C=O) groups excluding carboxylic acids is 1. The fraction of sp³-hybridized carbons (Fsp3) is 0.400. The molecule has 1 atom stereocenters. The maximum absolute atomic E-state index is 13.8. The molecule has 122 valence electrons. The number of rotatable bonds is 5. The SMILES string of the molecule is Cc1nnc(S[C@@H](C)C(=O)Nc2ccc(Cl)cc2F)n1C1CC1. The third kappa shape index (κ3) is 3.67. The number of thioether (sulfide) groups is 1. The number of hydrogen-bond donors (Lipinski definition) is 1. The van der Waals surface area contributed by atoms with Gasteiger partial charge in [0.2, 0.25) is 5.91 Å². The summed E-state index contributed by atoms with van der Waals surface area (Å²) in [6.45, 7) is 3.66. The van der Waals surface area contributed by atoms with Gasteiger partial charge in [0, 0.05) is 11.1 Å². The van der Waals surface area contributed by atoms with E-state index in [1.54, 1.807) is 6.92 Å². The van der Waals surface area contributed by atoms with Gasteiger partial charge < -0.3 is 9.88 Å². The molecule has 5 nitrogen and oxygen atoms in total. The van der Waals surface area contributed by atoms with Crippen molar-refractivity contribution in [1.82, 2.24) is 14.8 Å². The molecule has 1 N–H and O–H groups in total. The van der Waals surface area contributed by atoms with Crippen LogP contribution in [0.4, 0.5) is 10.1 Å². The van der Waals surface area contributed by atoms with Gasteiger partial charge in [-0.25, -0.2) is 4.39 Å². The molecule has 1 heterocycles. The van der Waals surface area contributed by atoms with Gasteiger partial charge in [-0.3, -0.25) is 4.79 Å². The zero-order valence-electron chi connectivity index (χ0n) is 12.7. The summed E-state index contributed by atoms with van der Waals surface area (Å²) in [4.78, 5) is 12.3. The molecule has 1 aromatic heterocycles. The van der Waals surface area contributed by atoms with E-state index < -0.39 is 11.1 Å². The van der Waals surface area contributed by atoms with Crippen LogP contribution in [0.3, 0.4) is 0 Å². The summed E-state index contributed by atoms with van der Waals surface area (Å²) >= 11 is 7.03. The molecule has 1 saturated carbocycles. The highest BCUT2D eigenvalue weighted by Crippen LogP contribution is 2.39. The van der Waals surface area contributed by atoms with Crippen molar-refractivity contribution < 1.29 is 9.18 Å². The second-order valence-corrected chi connectivity index (χ2v) is 7.25. The van der Waals surface area contributed by atoms with Gasteiger partial charge in [0.25, 0.3) is 0 Å². The predicted molar refractivity (Wildman–Crippen MR) is 88.4 cm³/mol. The van der Waals surface area contributed by atoms with E-state index in [1.165, 1.54) is 30.0 Å². The summed E-state index contributed by atoms with van der Waals surface area (Å²) in [5, 5.41) is 11.4. The van der Waals surface area contributed by atoms with Crippen molar-refractivity contribution in [3.63, 3.8) is 0 Å². The number of anilines is 1. The monoisotopic (exact) mass is 354 g/mol. The lowest BCUT2D eigenvalue weighted by Crippen LogP contribution is -2.23. The van der Waals surface area contributed by atoms with E-state index in [9.17, 15) is 9.18 Å². The van der Waals surface area contributed by atoms with Crippen molar-refractivity contribution in [2.45, 2.75) is 43.1 Å². The fourth-order valence-electron chi connectivity index (χ4n) is 2.22. The van der Waals surface area contributed by atoms with Crippen LogP contribution in [0.5, 0.6) is 0 Å². The van der Waals surface area contributed by atoms with Gasteiger partial charge in [0.1, 0.15) is 11.6 Å². The van der Waals surface area contributed by atoms with Crippen molar-refractivity contribution in [2.24, 2.45) is 0 Å². The lowest BCUT2D eigenvalue weighted by atomic mass is 10.3. The largest absolute Gasteiger partial charge is 0.323 e.